The molecule has 128 valence electrons. The molecule has 0 aromatic heterocycles. The first kappa shape index (κ1) is 17.4. The maximum atomic E-state index is 13.5. The van der Waals surface area contributed by atoms with Crippen molar-refractivity contribution in [3.63, 3.8) is 0 Å². The third-order valence-corrected chi connectivity index (χ3v) is 3.32. The van der Waals surface area contributed by atoms with Gasteiger partial charge in [-0.15, -0.1) is 0 Å². The third-order valence-electron chi connectivity index (χ3n) is 3.32. The van der Waals surface area contributed by atoms with Crippen LogP contribution in [0.4, 0.5) is 28.0 Å². The van der Waals surface area contributed by atoms with Crippen molar-refractivity contribution in [2.75, 3.05) is 5.32 Å². The lowest BCUT2D eigenvalue weighted by Gasteiger charge is -2.37. The number of rotatable bonds is 3. The number of carbonyl (C=O) groups is 1. The highest BCUT2D eigenvalue weighted by atomic mass is 19.2. The lowest BCUT2D eigenvalue weighted by molar-refractivity contribution is 0.0475. The smallest absolute Gasteiger partial charge is 0.407 e. The Labute approximate surface area is 131 Å². The van der Waals surface area contributed by atoms with Gasteiger partial charge in [-0.25, -0.2) is 22.4 Å². The molecule has 0 spiro atoms. The van der Waals surface area contributed by atoms with Crippen LogP contribution in [-0.2, 0) is 4.74 Å². The fourth-order valence-electron chi connectivity index (χ4n) is 2.23. The van der Waals surface area contributed by atoms with Crippen LogP contribution in [0.15, 0.2) is 6.07 Å². The molecule has 1 aromatic rings. The van der Waals surface area contributed by atoms with Crippen molar-refractivity contribution in [2.45, 2.75) is 51.3 Å². The summed E-state index contributed by atoms with van der Waals surface area (Å²) in [6.07, 6.45) is 0.127. The second-order valence-corrected chi connectivity index (χ2v) is 6.50. The predicted octanol–water partition coefficient (Wildman–Crippen LogP) is 3.71. The van der Waals surface area contributed by atoms with Gasteiger partial charge in [-0.05, 0) is 33.6 Å². The highest BCUT2D eigenvalue weighted by Gasteiger charge is 2.33. The number of carbonyl (C=O) groups excluding carboxylic acids is 1. The van der Waals surface area contributed by atoms with E-state index < -0.39 is 46.7 Å². The summed E-state index contributed by atoms with van der Waals surface area (Å²) in [6.45, 7) is 5.17. The second kappa shape index (κ2) is 6.25. The lowest BCUT2D eigenvalue weighted by Crippen LogP contribution is -2.51. The van der Waals surface area contributed by atoms with Gasteiger partial charge in [0.15, 0.2) is 23.3 Å². The van der Waals surface area contributed by atoms with E-state index in [2.05, 4.69) is 10.6 Å². The Kier molecular flexibility index (Phi) is 4.72. The molecule has 1 fully saturated rings. The number of hydrogen-bond acceptors (Lipinski definition) is 3. The van der Waals surface area contributed by atoms with E-state index in [4.69, 9.17) is 4.74 Å². The fourth-order valence-corrected chi connectivity index (χ4v) is 2.23. The summed E-state index contributed by atoms with van der Waals surface area (Å²) in [6, 6.07) is -0.476. The van der Waals surface area contributed by atoms with Gasteiger partial charge in [-0.3, -0.25) is 0 Å². The summed E-state index contributed by atoms with van der Waals surface area (Å²) in [4.78, 5) is 11.6. The average molecular weight is 334 g/mol. The molecule has 23 heavy (non-hydrogen) atoms. The van der Waals surface area contributed by atoms with Gasteiger partial charge in [-0.2, -0.15) is 0 Å². The van der Waals surface area contributed by atoms with Gasteiger partial charge in [0.2, 0.25) is 0 Å². The fraction of sp³-hybridized carbons (Fsp3) is 0.533. The molecule has 2 rings (SSSR count). The van der Waals surface area contributed by atoms with Crippen LogP contribution in [-0.4, -0.2) is 23.8 Å². The lowest BCUT2D eigenvalue weighted by atomic mass is 9.86. The molecule has 8 heteroatoms. The first-order valence-electron chi connectivity index (χ1n) is 7.16. The van der Waals surface area contributed by atoms with Gasteiger partial charge < -0.3 is 15.4 Å². The summed E-state index contributed by atoms with van der Waals surface area (Å²) >= 11 is 0. The predicted molar refractivity (Wildman–Crippen MR) is 76.1 cm³/mol. The van der Waals surface area contributed by atoms with Crippen molar-refractivity contribution in [1.29, 1.82) is 0 Å². The van der Waals surface area contributed by atoms with Crippen molar-refractivity contribution < 1.29 is 27.1 Å². The molecule has 1 aliphatic rings. The monoisotopic (exact) mass is 334 g/mol. The minimum absolute atomic E-state index is 0.156. The number of alkyl carbamates (subject to hydrolysis) is 1. The van der Waals surface area contributed by atoms with Crippen molar-refractivity contribution in [2.24, 2.45) is 0 Å². The second-order valence-electron chi connectivity index (χ2n) is 6.50. The molecule has 4 nitrogen and oxygen atoms in total. The molecule has 0 saturated heterocycles. The zero-order chi connectivity index (χ0) is 17.4. The van der Waals surface area contributed by atoms with Gasteiger partial charge in [0.1, 0.15) is 11.3 Å². The Balaban J connectivity index is 1.89. The molecular weight excluding hydrogens is 316 g/mol. The quantitative estimate of drug-likeness (QED) is 0.654. The molecule has 2 N–H and O–H groups in total. The summed E-state index contributed by atoms with van der Waals surface area (Å²) in [7, 11) is 0. The van der Waals surface area contributed by atoms with Crippen molar-refractivity contribution in [3.8, 4) is 0 Å². The van der Waals surface area contributed by atoms with Gasteiger partial charge in [-0.1, -0.05) is 0 Å². The summed E-state index contributed by atoms with van der Waals surface area (Å²) in [5, 5.41) is 5.03. The molecule has 0 unspecified atom stereocenters. The maximum Gasteiger partial charge on any atom is 0.407 e. The Bertz CT molecular complexity index is 584. The maximum absolute atomic E-state index is 13.5. The van der Waals surface area contributed by atoms with Gasteiger partial charge in [0.05, 0.1) is 0 Å². The number of ether oxygens (including phenoxy) is 1. The molecule has 0 radical (unpaired) electrons. The van der Waals surface area contributed by atoms with Crippen molar-refractivity contribution in [1.82, 2.24) is 5.32 Å². The third kappa shape index (κ3) is 4.27. The zero-order valence-corrected chi connectivity index (χ0v) is 13.0. The summed E-state index contributed by atoms with van der Waals surface area (Å²) in [5.41, 5.74) is -1.46. The summed E-state index contributed by atoms with van der Waals surface area (Å²) < 4.78 is 58.3. The molecule has 0 heterocycles. The molecule has 1 aromatic carbocycles. The van der Waals surface area contributed by atoms with E-state index in [0.717, 1.165) is 0 Å². The average Bonchev–Trinajstić information content (AvgIpc) is 2.35. The largest absolute Gasteiger partial charge is 0.444 e. The molecular formula is C15H18F4N2O2. The minimum atomic E-state index is -1.47. The number of amides is 1. The zero-order valence-electron chi connectivity index (χ0n) is 13.0. The number of halogens is 4. The van der Waals surface area contributed by atoms with Gasteiger partial charge in [0, 0.05) is 18.2 Å². The van der Waals surface area contributed by atoms with E-state index in [1.54, 1.807) is 20.8 Å². The van der Waals surface area contributed by atoms with E-state index in [0.29, 0.717) is 12.8 Å². The van der Waals surface area contributed by atoms with Crippen LogP contribution >= 0.6 is 0 Å². The van der Waals surface area contributed by atoms with E-state index in [1.165, 1.54) is 0 Å². The van der Waals surface area contributed by atoms with Gasteiger partial charge in [0.25, 0.3) is 0 Å². The SMILES string of the molecule is CC(C)(C)OC(=O)NC1CC(Nc2c(F)c(F)cc(F)c2F)C1. The van der Waals surface area contributed by atoms with Crippen LogP contribution in [0.25, 0.3) is 0 Å². The molecule has 0 bridgehead atoms. The standard InChI is InChI=1S/C15H18F4N2O2/c1-15(2,3)23-14(22)21-8-4-7(5-8)20-13-11(18)9(16)6-10(17)12(13)19/h6-8,20H,4-5H2,1-3H3,(H,21,22). The molecule has 1 aliphatic carbocycles. The number of anilines is 1. The first-order valence-corrected chi connectivity index (χ1v) is 7.16. The van der Waals surface area contributed by atoms with Crippen LogP contribution in [0.5, 0.6) is 0 Å². The minimum Gasteiger partial charge on any atom is -0.444 e. The highest BCUT2D eigenvalue weighted by Crippen LogP contribution is 2.30. The first-order chi connectivity index (χ1) is 10.6. The molecule has 1 saturated carbocycles. The highest BCUT2D eigenvalue weighted by molar-refractivity contribution is 5.68. The van der Waals surface area contributed by atoms with Crippen LogP contribution in [0, 0.1) is 23.3 Å². The Morgan fingerprint density at radius 3 is 2.09 bits per heavy atom. The molecule has 0 atom stereocenters. The Morgan fingerprint density at radius 2 is 1.61 bits per heavy atom. The van der Waals surface area contributed by atoms with E-state index in [-0.39, 0.29) is 12.1 Å². The number of nitrogens with one attached hydrogen (secondary N) is 2. The van der Waals surface area contributed by atoms with E-state index in [1.807, 2.05) is 0 Å². The van der Waals surface area contributed by atoms with E-state index in [9.17, 15) is 22.4 Å². The van der Waals surface area contributed by atoms with Crippen molar-refractivity contribution >= 4 is 11.8 Å². The van der Waals surface area contributed by atoms with Crippen molar-refractivity contribution in [3.05, 3.63) is 29.3 Å². The Hall–Kier alpha value is -1.99. The normalized spacial score (nSPS) is 20.7. The van der Waals surface area contributed by atoms with Crippen LogP contribution < -0.4 is 10.6 Å². The van der Waals surface area contributed by atoms with E-state index >= 15 is 0 Å². The van der Waals surface area contributed by atoms with Crippen LogP contribution in [0.2, 0.25) is 0 Å². The molecule has 0 aliphatic heterocycles. The molecule has 1 amide bonds. The number of benzene rings is 1. The topological polar surface area (TPSA) is 50.4 Å². The Morgan fingerprint density at radius 1 is 1.09 bits per heavy atom. The van der Waals surface area contributed by atoms with Crippen LogP contribution in [0.1, 0.15) is 33.6 Å². The van der Waals surface area contributed by atoms with Crippen LogP contribution in [0.3, 0.4) is 0 Å². The van der Waals surface area contributed by atoms with Gasteiger partial charge >= 0.3 is 6.09 Å². The number of hydrogen-bond donors (Lipinski definition) is 2. The summed E-state index contributed by atoms with van der Waals surface area (Å²) in [5.74, 6) is -5.86.